The van der Waals surface area contributed by atoms with Gasteiger partial charge in [-0.15, -0.1) is 0 Å². The van der Waals surface area contributed by atoms with Crippen LogP contribution in [-0.4, -0.2) is 7.05 Å². The van der Waals surface area contributed by atoms with Crippen molar-refractivity contribution in [3.05, 3.63) is 51.2 Å². The van der Waals surface area contributed by atoms with Crippen LogP contribution in [-0.2, 0) is 13.1 Å². The Hall–Kier alpha value is -1.03. The lowest BCUT2D eigenvalue weighted by molar-refractivity contribution is 0.926. The molecular weight excluding hydrogens is 252 g/mol. The number of nitrogens with two attached hydrogens (primary N) is 1. The van der Waals surface area contributed by atoms with E-state index in [0.717, 1.165) is 22.8 Å². The van der Waals surface area contributed by atoms with Crippen LogP contribution in [0.4, 0.5) is 5.69 Å². The topological polar surface area (TPSA) is 29.3 Å². The quantitative estimate of drug-likeness (QED) is 0.918. The summed E-state index contributed by atoms with van der Waals surface area (Å²) in [6.45, 7) is 1.37. The SMILES string of the molecule is CN(Cc1ccsc1)c1ccc(CN)c(Cl)c1. The molecule has 0 atom stereocenters. The van der Waals surface area contributed by atoms with Gasteiger partial charge < -0.3 is 10.6 Å². The summed E-state index contributed by atoms with van der Waals surface area (Å²) >= 11 is 7.87. The average Bonchev–Trinajstić information content (AvgIpc) is 2.81. The van der Waals surface area contributed by atoms with E-state index in [2.05, 4.69) is 34.8 Å². The standard InChI is InChI=1S/C13H15ClN2S/c1-16(8-10-4-5-17-9-10)12-3-2-11(7-15)13(14)6-12/h2-6,9H,7-8,15H2,1H3. The number of hydrogen-bond donors (Lipinski definition) is 1. The van der Waals surface area contributed by atoms with E-state index >= 15 is 0 Å². The van der Waals surface area contributed by atoms with E-state index < -0.39 is 0 Å². The minimum absolute atomic E-state index is 0.480. The predicted octanol–water partition coefficient (Wildman–Crippen LogP) is 3.50. The first kappa shape index (κ1) is 12.4. The van der Waals surface area contributed by atoms with Gasteiger partial charge in [-0.05, 0) is 40.1 Å². The Morgan fingerprint density at radius 1 is 1.35 bits per heavy atom. The molecule has 2 nitrogen and oxygen atoms in total. The molecular formula is C13H15ClN2S. The zero-order chi connectivity index (χ0) is 12.3. The lowest BCUT2D eigenvalue weighted by Crippen LogP contribution is -2.16. The van der Waals surface area contributed by atoms with Gasteiger partial charge in [0.1, 0.15) is 0 Å². The first-order valence-electron chi connectivity index (χ1n) is 5.41. The van der Waals surface area contributed by atoms with Gasteiger partial charge in [0.2, 0.25) is 0 Å². The van der Waals surface area contributed by atoms with Crippen molar-refractivity contribution >= 4 is 28.6 Å². The van der Waals surface area contributed by atoms with Crippen molar-refractivity contribution in [2.45, 2.75) is 13.1 Å². The molecule has 4 heteroatoms. The number of rotatable bonds is 4. The van der Waals surface area contributed by atoms with E-state index in [4.69, 9.17) is 17.3 Å². The second kappa shape index (κ2) is 5.54. The van der Waals surface area contributed by atoms with Crippen LogP contribution in [0.25, 0.3) is 0 Å². The molecule has 0 saturated heterocycles. The number of halogens is 1. The minimum atomic E-state index is 0.480. The van der Waals surface area contributed by atoms with E-state index in [0.29, 0.717) is 6.54 Å². The number of nitrogens with zero attached hydrogens (tertiary/aromatic N) is 1. The van der Waals surface area contributed by atoms with E-state index in [1.807, 2.05) is 12.1 Å². The van der Waals surface area contributed by atoms with Crippen LogP contribution in [0, 0.1) is 0 Å². The molecule has 1 heterocycles. The van der Waals surface area contributed by atoms with Gasteiger partial charge in [0, 0.05) is 30.8 Å². The summed E-state index contributed by atoms with van der Waals surface area (Å²) in [6, 6.07) is 8.15. The van der Waals surface area contributed by atoms with Crippen LogP contribution in [0.2, 0.25) is 5.02 Å². The monoisotopic (exact) mass is 266 g/mol. The molecule has 0 spiro atoms. The van der Waals surface area contributed by atoms with Crippen molar-refractivity contribution in [2.75, 3.05) is 11.9 Å². The summed E-state index contributed by atoms with van der Waals surface area (Å²) in [5, 5.41) is 4.99. The maximum Gasteiger partial charge on any atom is 0.0471 e. The molecule has 0 aliphatic heterocycles. The van der Waals surface area contributed by atoms with Gasteiger partial charge in [0.05, 0.1) is 0 Å². The molecule has 2 rings (SSSR count). The van der Waals surface area contributed by atoms with E-state index in [1.54, 1.807) is 11.3 Å². The molecule has 0 bridgehead atoms. The summed E-state index contributed by atoms with van der Waals surface area (Å²) in [5.41, 5.74) is 9.00. The molecule has 0 amide bonds. The second-order valence-corrected chi connectivity index (χ2v) is 5.15. The van der Waals surface area contributed by atoms with Crippen molar-refractivity contribution in [1.82, 2.24) is 0 Å². The third kappa shape index (κ3) is 3.00. The first-order valence-corrected chi connectivity index (χ1v) is 6.73. The molecule has 0 fully saturated rings. The molecule has 0 unspecified atom stereocenters. The Balaban J connectivity index is 2.14. The Kier molecular flexibility index (Phi) is 4.05. The Morgan fingerprint density at radius 2 is 2.18 bits per heavy atom. The van der Waals surface area contributed by atoms with Crippen LogP contribution >= 0.6 is 22.9 Å². The maximum absolute atomic E-state index is 6.15. The normalized spacial score (nSPS) is 10.5. The Labute approximate surface area is 111 Å². The maximum atomic E-state index is 6.15. The first-order chi connectivity index (χ1) is 8.20. The zero-order valence-electron chi connectivity index (χ0n) is 9.69. The van der Waals surface area contributed by atoms with Gasteiger partial charge >= 0.3 is 0 Å². The summed E-state index contributed by atoms with van der Waals surface area (Å²) in [7, 11) is 2.06. The van der Waals surface area contributed by atoms with Gasteiger partial charge in [-0.1, -0.05) is 17.7 Å². The van der Waals surface area contributed by atoms with Crippen LogP contribution in [0.15, 0.2) is 35.0 Å². The average molecular weight is 267 g/mol. The lowest BCUT2D eigenvalue weighted by atomic mass is 10.2. The zero-order valence-corrected chi connectivity index (χ0v) is 11.3. The van der Waals surface area contributed by atoms with E-state index in [9.17, 15) is 0 Å². The molecule has 17 heavy (non-hydrogen) atoms. The van der Waals surface area contributed by atoms with Gasteiger partial charge in [-0.2, -0.15) is 11.3 Å². The summed E-state index contributed by atoms with van der Waals surface area (Å²) in [6.07, 6.45) is 0. The van der Waals surface area contributed by atoms with Crippen molar-refractivity contribution in [3.63, 3.8) is 0 Å². The summed E-state index contributed by atoms with van der Waals surface area (Å²) in [5.74, 6) is 0. The smallest absolute Gasteiger partial charge is 0.0471 e. The third-order valence-electron chi connectivity index (χ3n) is 2.70. The fraction of sp³-hybridized carbons (Fsp3) is 0.231. The van der Waals surface area contributed by atoms with Crippen molar-refractivity contribution < 1.29 is 0 Å². The third-order valence-corrected chi connectivity index (χ3v) is 3.78. The number of thiophene rings is 1. The Morgan fingerprint density at radius 3 is 2.76 bits per heavy atom. The van der Waals surface area contributed by atoms with Crippen molar-refractivity contribution in [2.24, 2.45) is 5.73 Å². The highest BCUT2D eigenvalue weighted by Gasteiger charge is 2.05. The van der Waals surface area contributed by atoms with Gasteiger partial charge in [-0.25, -0.2) is 0 Å². The highest BCUT2D eigenvalue weighted by Crippen LogP contribution is 2.24. The number of hydrogen-bond acceptors (Lipinski definition) is 3. The Bertz CT molecular complexity index is 482. The highest BCUT2D eigenvalue weighted by molar-refractivity contribution is 7.07. The molecule has 2 aromatic rings. The van der Waals surface area contributed by atoms with Crippen LogP contribution in [0.1, 0.15) is 11.1 Å². The largest absolute Gasteiger partial charge is 0.370 e. The lowest BCUT2D eigenvalue weighted by Gasteiger charge is -2.19. The predicted molar refractivity (Wildman–Crippen MR) is 75.8 cm³/mol. The minimum Gasteiger partial charge on any atom is -0.370 e. The molecule has 0 saturated carbocycles. The van der Waals surface area contributed by atoms with Crippen LogP contribution in [0.3, 0.4) is 0 Å². The molecule has 1 aromatic carbocycles. The molecule has 0 aliphatic carbocycles. The molecule has 2 N–H and O–H groups in total. The van der Waals surface area contributed by atoms with E-state index in [-0.39, 0.29) is 0 Å². The number of anilines is 1. The van der Waals surface area contributed by atoms with Crippen LogP contribution < -0.4 is 10.6 Å². The van der Waals surface area contributed by atoms with Gasteiger partial charge in [0.25, 0.3) is 0 Å². The van der Waals surface area contributed by atoms with Crippen molar-refractivity contribution in [1.29, 1.82) is 0 Å². The van der Waals surface area contributed by atoms with Crippen molar-refractivity contribution in [3.8, 4) is 0 Å². The second-order valence-electron chi connectivity index (χ2n) is 3.97. The summed E-state index contributed by atoms with van der Waals surface area (Å²) in [4.78, 5) is 2.17. The fourth-order valence-corrected chi connectivity index (χ4v) is 2.60. The number of benzene rings is 1. The fourth-order valence-electron chi connectivity index (χ4n) is 1.69. The van der Waals surface area contributed by atoms with Crippen LogP contribution in [0.5, 0.6) is 0 Å². The highest BCUT2D eigenvalue weighted by atomic mass is 35.5. The van der Waals surface area contributed by atoms with Gasteiger partial charge in [0.15, 0.2) is 0 Å². The molecule has 90 valence electrons. The molecule has 0 radical (unpaired) electrons. The molecule has 1 aromatic heterocycles. The van der Waals surface area contributed by atoms with Gasteiger partial charge in [-0.3, -0.25) is 0 Å². The summed E-state index contributed by atoms with van der Waals surface area (Å²) < 4.78 is 0. The molecule has 0 aliphatic rings. The van der Waals surface area contributed by atoms with E-state index in [1.165, 1.54) is 5.56 Å².